The molecule has 1 amide bonds. The van der Waals surface area contributed by atoms with Crippen molar-refractivity contribution in [2.75, 3.05) is 24.5 Å². The van der Waals surface area contributed by atoms with Crippen LogP contribution >= 0.6 is 0 Å². The van der Waals surface area contributed by atoms with Gasteiger partial charge in [0.1, 0.15) is 0 Å². The van der Waals surface area contributed by atoms with Gasteiger partial charge in [-0.05, 0) is 56.0 Å². The van der Waals surface area contributed by atoms with Crippen LogP contribution in [0.5, 0.6) is 0 Å². The van der Waals surface area contributed by atoms with Gasteiger partial charge in [0.05, 0.1) is 16.5 Å². The molecule has 3 N–H and O–H groups in total. The molecular weight excluding hydrogens is 378 g/mol. The van der Waals surface area contributed by atoms with Gasteiger partial charge in [0.2, 0.25) is 15.9 Å². The van der Waals surface area contributed by atoms with Crippen molar-refractivity contribution in [3.63, 3.8) is 0 Å². The number of aromatic nitrogens is 2. The van der Waals surface area contributed by atoms with Crippen LogP contribution in [0.2, 0.25) is 0 Å². The highest BCUT2D eigenvalue weighted by Crippen LogP contribution is 2.21. The first-order valence-electron chi connectivity index (χ1n) is 9.27. The van der Waals surface area contributed by atoms with Crippen molar-refractivity contribution in [1.29, 1.82) is 0 Å². The fourth-order valence-corrected chi connectivity index (χ4v) is 3.80. The van der Waals surface area contributed by atoms with Crippen LogP contribution in [0.3, 0.4) is 0 Å². The Balaban J connectivity index is 1.49. The summed E-state index contributed by atoms with van der Waals surface area (Å²) in [5, 5.41) is 16.4. The quantitative estimate of drug-likeness (QED) is 0.743. The summed E-state index contributed by atoms with van der Waals surface area (Å²) in [6.45, 7) is 3.89. The summed E-state index contributed by atoms with van der Waals surface area (Å²) in [4.78, 5) is 14.7. The molecular formula is C19H25N5O3S. The van der Waals surface area contributed by atoms with E-state index in [0.29, 0.717) is 19.5 Å². The zero-order valence-electron chi connectivity index (χ0n) is 15.8. The number of primary sulfonamides is 1. The number of carbonyl (C=O) groups excluding carboxylic acids is 1. The van der Waals surface area contributed by atoms with Crippen molar-refractivity contribution in [3.05, 3.63) is 47.7 Å². The van der Waals surface area contributed by atoms with Gasteiger partial charge in [0, 0.05) is 19.6 Å². The molecule has 2 heterocycles. The van der Waals surface area contributed by atoms with Crippen LogP contribution in [-0.2, 0) is 21.2 Å². The van der Waals surface area contributed by atoms with Crippen molar-refractivity contribution < 1.29 is 13.2 Å². The molecule has 1 aliphatic rings. The number of nitrogens with zero attached hydrogens (tertiary/aromatic N) is 3. The Morgan fingerprint density at radius 1 is 1.21 bits per heavy atom. The predicted octanol–water partition coefficient (Wildman–Crippen LogP) is 1.01. The summed E-state index contributed by atoms with van der Waals surface area (Å²) in [6.07, 6.45) is 2.41. The zero-order chi connectivity index (χ0) is 20.1. The second-order valence-corrected chi connectivity index (χ2v) is 8.61. The first-order valence-corrected chi connectivity index (χ1v) is 10.8. The van der Waals surface area contributed by atoms with Gasteiger partial charge in [-0.2, -0.15) is 5.10 Å². The van der Waals surface area contributed by atoms with Gasteiger partial charge in [-0.15, -0.1) is 5.10 Å². The molecule has 1 aliphatic heterocycles. The molecule has 3 rings (SSSR count). The largest absolute Gasteiger partial charge is 0.355 e. The van der Waals surface area contributed by atoms with Crippen LogP contribution in [0, 0.1) is 12.8 Å². The van der Waals surface area contributed by atoms with Crippen LogP contribution in [0.4, 0.5) is 5.82 Å². The Bertz CT molecular complexity index is 914. The molecule has 0 aliphatic carbocycles. The number of anilines is 1. The van der Waals surface area contributed by atoms with Crippen molar-refractivity contribution in [2.24, 2.45) is 11.1 Å². The second kappa shape index (κ2) is 8.66. The summed E-state index contributed by atoms with van der Waals surface area (Å²) in [5.41, 5.74) is 1.81. The molecule has 1 unspecified atom stereocenters. The Morgan fingerprint density at radius 2 is 1.96 bits per heavy atom. The van der Waals surface area contributed by atoms with E-state index in [9.17, 15) is 13.2 Å². The summed E-state index contributed by atoms with van der Waals surface area (Å²) in [6, 6.07) is 10.2. The highest BCUT2D eigenvalue weighted by Gasteiger charge is 2.26. The highest BCUT2D eigenvalue weighted by atomic mass is 32.2. The van der Waals surface area contributed by atoms with E-state index in [4.69, 9.17) is 5.14 Å². The first-order chi connectivity index (χ1) is 13.3. The van der Waals surface area contributed by atoms with E-state index in [0.717, 1.165) is 36.5 Å². The van der Waals surface area contributed by atoms with E-state index in [1.54, 1.807) is 12.1 Å². The molecule has 150 valence electrons. The Hall–Kier alpha value is -2.52. The maximum atomic E-state index is 12.5. The van der Waals surface area contributed by atoms with Gasteiger partial charge in [0.25, 0.3) is 0 Å². The lowest BCUT2D eigenvalue weighted by molar-refractivity contribution is -0.125. The minimum absolute atomic E-state index is 0.0333. The molecule has 0 bridgehead atoms. The third kappa shape index (κ3) is 5.26. The van der Waals surface area contributed by atoms with Crippen molar-refractivity contribution in [2.45, 2.75) is 31.1 Å². The van der Waals surface area contributed by atoms with E-state index in [1.165, 1.54) is 12.1 Å². The van der Waals surface area contributed by atoms with E-state index < -0.39 is 10.0 Å². The van der Waals surface area contributed by atoms with Gasteiger partial charge >= 0.3 is 0 Å². The number of hydrogen-bond donors (Lipinski definition) is 2. The number of hydrogen-bond acceptors (Lipinski definition) is 6. The molecule has 0 radical (unpaired) electrons. The Labute approximate surface area is 165 Å². The lowest BCUT2D eigenvalue weighted by Crippen LogP contribution is -2.43. The molecule has 9 heteroatoms. The Kier molecular flexibility index (Phi) is 6.25. The molecule has 1 aromatic carbocycles. The maximum Gasteiger partial charge on any atom is 0.238 e. The number of benzene rings is 1. The van der Waals surface area contributed by atoms with Crippen molar-refractivity contribution in [1.82, 2.24) is 15.5 Å². The topological polar surface area (TPSA) is 118 Å². The van der Waals surface area contributed by atoms with Gasteiger partial charge in [0.15, 0.2) is 5.82 Å². The maximum absolute atomic E-state index is 12.5. The van der Waals surface area contributed by atoms with Crippen LogP contribution < -0.4 is 15.4 Å². The molecule has 28 heavy (non-hydrogen) atoms. The zero-order valence-corrected chi connectivity index (χ0v) is 16.7. The third-order valence-corrected chi connectivity index (χ3v) is 5.79. The van der Waals surface area contributed by atoms with Crippen LogP contribution in [0.1, 0.15) is 24.1 Å². The van der Waals surface area contributed by atoms with Crippen molar-refractivity contribution >= 4 is 21.7 Å². The normalized spacial score (nSPS) is 17.4. The molecule has 0 saturated carbocycles. The SMILES string of the molecule is Cc1ccc(N2CCCC(C(=O)NCCc3ccc(S(N)(=O)=O)cc3)C2)nn1. The lowest BCUT2D eigenvalue weighted by Gasteiger charge is -2.32. The minimum Gasteiger partial charge on any atom is -0.355 e. The summed E-state index contributed by atoms with van der Waals surface area (Å²) in [7, 11) is -3.68. The average molecular weight is 404 g/mol. The van der Waals surface area contributed by atoms with E-state index in [1.807, 2.05) is 19.1 Å². The number of sulfonamides is 1. The van der Waals surface area contributed by atoms with Crippen molar-refractivity contribution in [3.8, 4) is 0 Å². The molecule has 1 fully saturated rings. The highest BCUT2D eigenvalue weighted by molar-refractivity contribution is 7.89. The third-order valence-electron chi connectivity index (χ3n) is 4.86. The van der Waals surface area contributed by atoms with Crippen LogP contribution in [0.15, 0.2) is 41.3 Å². The number of nitrogens with one attached hydrogen (secondary N) is 1. The van der Waals surface area contributed by atoms with Crippen LogP contribution in [-0.4, -0.2) is 44.2 Å². The fourth-order valence-electron chi connectivity index (χ4n) is 3.28. The van der Waals surface area contributed by atoms with E-state index in [-0.39, 0.29) is 16.7 Å². The van der Waals surface area contributed by atoms with Gasteiger partial charge in [-0.25, -0.2) is 13.6 Å². The van der Waals surface area contributed by atoms with E-state index >= 15 is 0 Å². The molecule has 1 atom stereocenters. The number of rotatable bonds is 6. The molecule has 2 aromatic rings. The number of piperidine rings is 1. The summed E-state index contributed by atoms with van der Waals surface area (Å²) < 4.78 is 22.6. The molecule has 1 saturated heterocycles. The second-order valence-electron chi connectivity index (χ2n) is 7.05. The molecule has 1 aromatic heterocycles. The average Bonchev–Trinajstić information content (AvgIpc) is 2.68. The number of aryl methyl sites for hydroxylation is 1. The Morgan fingerprint density at radius 3 is 2.61 bits per heavy atom. The van der Waals surface area contributed by atoms with E-state index in [2.05, 4.69) is 20.4 Å². The minimum atomic E-state index is -3.68. The summed E-state index contributed by atoms with van der Waals surface area (Å²) >= 11 is 0. The first kappa shape index (κ1) is 20.2. The lowest BCUT2D eigenvalue weighted by atomic mass is 9.97. The predicted molar refractivity (Wildman–Crippen MR) is 106 cm³/mol. The monoisotopic (exact) mass is 403 g/mol. The standard InChI is InChI=1S/C19H25N5O3S/c1-14-4-9-18(23-22-14)24-12-2-3-16(13-24)19(25)21-11-10-15-5-7-17(8-6-15)28(20,26)27/h4-9,16H,2-3,10-13H2,1H3,(H,21,25)(H2,20,26,27). The van der Waals surface area contributed by atoms with Crippen LogP contribution in [0.25, 0.3) is 0 Å². The molecule has 0 spiro atoms. The smallest absolute Gasteiger partial charge is 0.238 e. The molecule has 8 nitrogen and oxygen atoms in total. The van der Waals surface area contributed by atoms with Gasteiger partial charge in [-0.1, -0.05) is 12.1 Å². The number of nitrogens with two attached hydrogens (primary N) is 1. The van der Waals surface area contributed by atoms with Gasteiger partial charge < -0.3 is 10.2 Å². The van der Waals surface area contributed by atoms with Gasteiger partial charge in [-0.3, -0.25) is 4.79 Å². The number of amides is 1. The fraction of sp³-hybridized carbons (Fsp3) is 0.421. The summed E-state index contributed by atoms with van der Waals surface area (Å²) in [5.74, 6) is 0.755. The number of carbonyl (C=O) groups is 1.